The number of alkyl halides is 3. The first-order chi connectivity index (χ1) is 12.9. The third-order valence-electron chi connectivity index (χ3n) is 4.32. The highest BCUT2D eigenvalue weighted by Gasteiger charge is 2.33. The van der Waals surface area contributed by atoms with Gasteiger partial charge in [0, 0.05) is 28.8 Å². The Hall–Kier alpha value is -3.09. The van der Waals surface area contributed by atoms with Crippen molar-refractivity contribution in [1.29, 1.82) is 0 Å². The van der Waals surface area contributed by atoms with E-state index in [-0.39, 0.29) is 22.1 Å². The lowest BCUT2D eigenvalue weighted by Gasteiger charge is -2.19. The molecular weight excluding hydrogens is 371 g/mol. The molecule has 0 radical (unpaired) electrons. The third kappa shape index (κ3) is 4.08. The molecule has 0 spiro atoms. The van der Waals surface area contributed by atoms with Crippen LogP contribution in [-0.4, -0.2) is 5.91 Å². The Morgan fingerprint density at radius 2 is 1.61 bits per heavy atom. The molecule has 0 aliphatic carbocycles. The van der Waals surface area contributed by atoms with Gasteiger partial charge in [-0.15, -0.1) is 0 Å². The SMILES string of the molecule is CC(C)(C)c1ccc(C(=O)Nc2ccc3c(C(F)(F)F)cc(=O)oc3c2)cc1. The molecule has 4 nitrogen and oxygen atoms in total. The molecule has 146 valence electrons. The van der Waals surface area contributed by atoms with Crippen molar-refractivity contribution in [3.63, 3.8) is 0 Å². The quantitative estimate of drug-likeness (QED) is 0.600. The summed E-state index contributed by atoms with van der Waals surface area (Å²) in [5, 5.41) is 2.35. The van der Waals surface area contributed by atoms with Crippen molar-refractivity contribution in [3.8, 4) is 0 Å². The molecule has 0 unspecified atom stereocenters. The van der Waals surface area contributed by atoms with Crippen LogP contribution in [0.15, 0.2) is 57.7 Å². The van der Waals surface area contributed by atoms with Gasteiger partial charge in [-0.25, -0.2) is 4.79 Å². The van der Waals surface area contributed by atoms with Gasteiger partial charge in [-0.1, -0.05) is 32.9 Å². The maximum absolute atomic E-state index is 13.1. The lowest BCUT2D eigenvalue weighted by Crippen LogP contribution is -2.14. The van der Waals surface area contributed by atoms with Crippen LogP contribution in [0.2, 0.25) is 0 Å². The molecule has 0 fully saturated rings. The number of halogens is 3. The average molecular weight is 389 g/mol. The number of carbonyl (C=O) groups is 1. The van der Waals surface area contributed by atoms with Gasteiger partial charge in [0.1, 0.15) is 5.58 Å². The minimum atomic E-state index is -4.69. The first kappa shape index (κ1) is 19.7. The highest BCUT2D eigenvalue weighted by Crippen LogP contribution is 2.34. The van der Waals surface area contributed by atoms with Gasteiger partial charge in [0.05, 0.1) is 5.56 Å². The van der Waals surface area contributed by atoms with Crippen LogP contribution in [0.1, 0.15) is 42.3 Å². The van der Waals surface area contributed by atoms with Gasteiger partial charge in [0.25, 0.3) is 5.91 Å². The summed E-state index contributed by atoms with van der Waals surface area (Å²) in [5.74, 6) is -0.422. The third-order valence-corrected chi connectivity index (χ3v) is 4.32. The molecule has 1 amide bonds. The van der Waals surface area contributed by atoms with Crippen molar-refractivity contribution in [2.75, 3.05) is 5.32 Å². The van der Waals surface area contributed by atoms with Crippen molar-refractivity contribution < 1.29 is 22.4 Å². The summed E-state index contributed by atoms with van der Waals surface area (Å²) in [6.45, 7) is 6.17. The van der Waals surface area contributed by atoms with Crippen molar-refractivity contribution in [1.82, 2.24) is 0 Å². The minimum absolute atomic E-state index is 0.0545. The number of rotatable bonds is 2. The molecule has 0 bridgehead atoms. The van der Waals surface area contributed by atoms with E-state index < -0.39 is 23.3 Å². The van der Waals surface area contributed by atoms with E-state index in [9.17, 15) is 22.8 Å². The number of hydrogen-bond donors (Lipinski definition) is 1. The first-order valence-corrected chi connectivity index (χ1v) is 8.52. The van der Waals surface area contributed by atoms with Crippen LogP contribution in [0.5, 0.6) is 0 Å². The Kier molecular flexibility index (Phi) is 4.79. The predicted octanol–water partition coefficient (Wildman–Crippen LogP) is 5.36. The van der Waals surface area contributed by atoms with Crippen molar-refractivity contribution in [2.24, 2.45) is 0 Å². The molecule has 0 aliphatic rings. The smallest absolute Gasteiger partial charge is 0.417 e. The van der Waals surface area contributed by atoms with E-state index >= 15 is 0 Å². The molecule has 0 saturated carbocycles. The second-order valence-electron chi connectivity index (χ2n) is 7.47. The van der Waals surface area contributed by atoms with Gasteiger partial charge >= 0.3 is 11.8 Å². The largest absolute Gasteiger partial charge is 0.423 e. The van der Waals surface area contributed by atoms with Crippen molar-refractivity contribution >= 4 is 22.6 Å². The summed E-state index contributed by atoms with van der Waals surface area (Å²) >= 11 is 0. The van der Waals surface area contributed by atoms with Crippen LogP contribution >= 0.6 is 0 Å². The molecule has 3 aromatic rings. The highest BCUT2D eigenvalue weighted by atomic mass is 19.4. The van der Waals surface area contributed by atoms with Crippen molar-refractivity contribution in [3.05, 3.63) is 75.6 Å². The molecule has 0 saturated heterocycles. The second kappa shape index (κ2) is 6.82. The number of amides is 1. The highest BCUT2D eigenvalue weighted by molar-refractivity contribution is 6.05. The van der Waals surface area contributed by atoms with Crippen LogP contribution in [0.4, 0.5) is 18.9 Å². The molecular formula is C21H18F3NO3. The van der Waals surface area contributed by atoms with Crippen LogP contribution in [0, 0.1) is 0 Å². The van der Waals surface area contributed by atoms with E-state index in [0.717, 1.165) is 5.56 Å². The minimum Gasteiger partial charge on any atom is -0.423 e. The fourth-order valence-corrected chi connectivity index (χ4v) is 2.80. The summed E-state index contributed by atoms with van der Waals surface area (Å²) in [4.78, 5) is 23.9. The van der Waals surface area contributed by atoms with Gasteiger partial charge in [0.2, 0.25) is 0 Å². The molecule has 7 heteroatoms. The molecule has 0 aliphatic heterocycles. The zero-order valence-corrected chi connectivity index (χ0v) is 15.5. The lowest BCUT2D eigenvalue weighted by atomic mass is 9.87. The Morgan fingerprint density at radius 1 is 0.964 bits per heavy atom. The zero-order valence-electron chi connectivity index (χ0n) is 15.5. The van der Waals surface area contributed by atoms with Gasteiger partial charge in [-0.3, -0.25) is 4.79 Å². The Morgan fingerprint density at radius 3 is 2.18 bits per heavy atom. The number of hydrogen-bond acceptors (Lipinski definition) is 3. The van der Waals surface area contributed by atoms with Crippen molar-refractivity contribution in [2.45, 2.75) is 32.4 Å². The normalized spacial score (nSPS) is 12.2. The first-order valence-electron chi connectivity index (χ1n) is 8.52. The number of fused-ring (bicyclic) bond motifs is 1. The fraction of sp³-hybridized carbons (Fsp3) is 0.238. The molecule has 0 atom stereocenters. The molecule has 28 heavy (non-hydrogen) atoms. The van der Waals surface area contributed by atoms with Crippen LogP contribution in [-0.2, 0) is 11.6 Å². The molecule has 3 rings (SSSR count). The lowest BCUT2D eigenvalue weighted by molar-refractivity contribution is -0.136. The Labute approximate surface area is 159 Å². The summed E-state index contributed by atoms with van der Waals surface area (Å²) in [6, 6.07) is 11.2. The molecule has 2 aromatic carbocycles. The maximum atomic E-state index is 13.1. The van der Waals surface area contributed by atoms with Gasteiger partial charge in [-0.2, -0.15) is 13.2 Å². The Balaban J connectivity index is 1.90. The fourth-order valence-electron chi connectivity index (χ4n) is 2.80. The zero-order chi connectivity index (χ0) is 20.7. The summed E-state index contributed by atoms with van der Waals surface area (Å²) < 4.78 is 44.2. The molecule has 1 aromatic heterocycles. The van der Waals surface area contributed by atoms with Gasteiger partial charge in [-0.05, 0) is 35.2 Å². The predicted molar refractivity (Wildman–Crippen MR) is 101 cm³/mol. The number of nitrogens with one attached hydrogen (secondary N) is 1. The van der Waals surface area contributed by atoms with Crippen LogP contribution in [0.3, 0.4) is 0 Å². The number of carbonyl (C=O) groups excluding carboxylic acids is 1. The number of anilines is 1. The van der Waals surface area contributed by atoms with E-state index in [1.165, 1.54) is 18.2 Å². The average Bonchev–Trinajstić information content (AvgIpc) is 2.59. The molecule has 1 N–H and O–H groups in total. The van der Waals surface area contributed by atoms with E-state index in [2.05, 4.69) is 26.1 Å². The standard InChI is InChI=1S/C21H18F3NO3/c1-20(2,3)13-6-4-12(5-7-13)19(27)25-14-8-9-15-16(21(22,23)24)11-18(26)28-17(15)10-14/h4-11H,1-3H3,(H,25,27). The summed E-state index contributed by atoms with van der Waals surface area (Å²) in [5.41, 5.74) is -0.799. The Bertz CT molecular complexity index is 1090. The van der Waals surface area contributed by atoms with E-state index in [4.69, 9.17) is 4.42 Å². The second-order valence-corrected chi connectivity index (χ2v) is 7.47. The van der Waals surface area contributed by atoms with E-state index in [1.54, 1.807) is 12.1 Å². The van der Waals surface area contributed by atoms with Gasteiger partial charge in [0.15, 0.2) is 0 Å². The van der Waals surface area contributed by atoms with Crippen LogP contribution < -0.4 is 10.9 Å². The van der Waals surface area contributed by atoms with Gasteiger partial charge < -0.3 is 9.73 Å². The monoisotopic (exact) mass is 389 g/mol. The maximum Gasteiger partial charge on any atom is 0.417 e. The summed E-state index contributed by atoms with van der Waals surface area (Å²) in [7, 11) is 0. The van der Waals surface area contributed by atoms with Crippen LogP contribution in [0.25, 0.3) is 11.0 Å². The summed E-state index contributed by atoms with van der Waals surface area (Å²) in [6.07, 6.45) is -4.69. The topological polar surface area (TPSA) is 59.3 Å². The van der Waals surface area contributed by atoms with E-state index in [0.29, 0.717) is 11.6 Å². The number of benzene rings is 2. The van der Waals surface area contributed by atoms with E-state index in [1.807, 2.05) is 12.1 Å². The molecule has 1 heterocycles.